The summed E-state index contributed by atoms with van der Waals surface area (Å²) in [5.74, 6) is -0.0716. The van der Waals surface area contributed by atoms with Gasteiger partial charge < -0.3 is 10.5 Å². The minimum absolute atomic E-state index is 0.0591. The highest BCUT2D eigenvalue weighted by atomic mass is 32.2. The zero-order chi connectivity index (χ0) is 20.6. The molecule has 1 aliphatic rings. The molecular weight excluding hydrogens is 397 g/mol. The van der Waals surface area contributed by atoms with Crippen LogP contribution in [0.5, 0.6) is 0 Å². The smallest absolute Gasteiger partial charge is 0.243 e. The highest BCUT2D eigenvalue weighted by molar-refractivity contribution is 7.89. The van der Waals surface area contributed by atoms with Crippen molar-refractivity contribution in [3.05, 3.63) is 59.8 Å². The van der Waals surface area contributed by atoms with Crippen LogP contribution in [0.1, 0.15) is 17.4 Å². The highest BCUT2D eigenvalue weighted by Gasteiger charge is 2.33. The number of rotatable bonds is 4. The maximum atomic E-state index is 13.6. The normalized spacial score (nSPS) is 18.1. The summed E-state index contributed by atoms with van der Waals surface area (Å²) in [4.78, 5) is 4.04. The largest absolute Gasteiger partial charge is 0.384 e. The average Bonchev–Trinajstić information content (AvgIpc) is 3.20. The first-order valence-electron chi connectivity index (χ1n) is 8.99. The van der Waals surface area contributed by atoms with Crippen molar-refractivity contribution >= 4 is 15.8 Å². The number of hydrogen-bond donors (Lipinski definition) is 2. The number of morpholine rings is 1. The van der Waals surface area contributed by atoms with Crippen molar-refractivity contribution in [1.82, 2.24) is 19.5 Å². The lowest BCUT2D eigenvalue weighted by Gasteiger charge is -2.32. The molecular formula is C19H20FN5O3S. The predicted octanol–water partition coefficient (Wildman–Crippen LogP) is 2.26. The first-order chi connectivity index (χ1) is 13.9. The van der Waals surface area contributed by atoms with Crippen LogP contribution >= 0.6 is 0 Å². The number of H-pyrrole nitrogens is 1. The standard InChI is InChI=1S/C19H20FN5O3S/c1-12-8-14(2-3-16(12)20)29(26,27)25-6-7-28-17(11-25)19-15(10-23-24-19)13-4-5-22-18(21)9-13/h2-5,8-10,17H,6-7,11H2,1H3,(H2,21,22)(H,23,24). The molecule has 0 radical (unpaired) electrons. The number of nitrogens with one attached hydrogen (secondary N) is 1. The van der Waals surface area contributed by atoms with Gasteiger partial charge in [-0.05, 0) is 48.4 Å². The topological polar surface area (TPSA) is 114 Å². The Balaban J connectivity index is 1.63. The Labute approximate surface area is 167 Å². The quantitative estimate of drug-likeness (QED) is 0.673. The molecule has 0 amide bonds. The van der Waals surface area contributed by atoms with Crippen LogP contribution in [-0.4, -0.2) is 47.6 Å². The molecule has 1 aliphatic heterocycles. The first kappa shape index (κ1) is 19.5. The molecule has 10 heteroatoms. The van der Waals surface area contributed by atoms with Crippen LogP contribution in [0.25, 0.3) is 11.1 Å². The van der Waals surface area contributed by atoms with Gasteiger partial charge in [0.25, 0.3) is 0 Å². The Kier molecular flexibility index (Phi) is 5.07. The Morgan fingerprint density at radius 3 is 2.90 bits per heavy atom. The Morgan fingerprint density at radius 2 is 2.14 bits per heavy atom. The van der Waals surface area contributed by atoms with Gasteiger partial charge in [0.1, 0.15) is 17.7 Å². The van der Waals surface area contributed by atoms with Crippen molar-refractivity contribution in [3.63, 3.8) is 0 Å². The molecule has 0 bridgehead atoms. The van der Waals surface area contributed by atoms with Crippen LogP contribution in [0.15, 0.2) is 47.6 Å². The third-order valence-electron chi connectivity index (χ3n) is 4.88. The van der Waals surface area contributed by atoms with Crippen LogP contribution < -0.4 is 5.73 Å². The van der Waals surface area contributed by atoms with E-state index in [9.17, 15) is 12.8 Å². The molecule has 1 aromatic carbocycles. The van der Waals surface area contributed by atoms with E-state index in [1.165, 1.54) is 29.4 Å². The lowest BCUT2D eigenvalue weighted by molar-refractivity contribution is -0.00465. The maximum absolute atomic E-state index is 13.6. The molecule has 8 nitrogen and oxygen atoms in total. The van der Waals surface area contributed by atoms with E-state index in [2.05, 4.69) is 15.2 Å². The molecule has 0 saturated carbocycles. The second-order valence-electron chi connectivity index (χ2n) is 6.80. The lowest BCUT2D eigenvalue weighted by atomic mass is 10.0. The summed E-state index contributed by atoms with van der Waals surface area (Å²) < 4.78 is 46.9. The highest BCUT2D eigenvalue weighted by Crippen LogP contribution is 2.32. The minimum atomic E-state index is -3.79. The summed E-state index contributed by atoms with van der Waals surface area (Å²) in [6.07, 6.45) is 2.70. The van der Waals surface area contributed by atoms with Gasteiger partial charge >= 0.3 is 0 Å². The molecule has 4 rings (SSSR count). The summed E-state index contributed by atoms with van der Waals surface area (Å²) in [5, 5.41) is 7.01. The molecule has 3 aromatic rings. The third-order valence-corrected chi connectivity index (χ3v) is 6.74. The Bertz CT molecular complexity index is 1150. The number of halogens is 1. The number of anilines is 1. The fourth-order valence-electron chi connectivity index (χ4n) is 3.33. The van der Waals surface area contributed by atoms with Crippen molar-refractivity contribution in [2.75, 3.05) is 25.4 Å². The van der Waals surface area contributed by atoms with E-state index in [4.69, 9.17) is 10.5 Å². The Morgan fingerprint density at radius 1 is 1.31 bits per heavy atom. The van der Waals surface area contributed by atoms with Crippen LogP contribution in [0.3, 0.4) is 0 Å². The van der Waals surface area contributed by atoms with Gasteiger partial charge in [-0.3, -0.25) is 5.10 Å². The summed E-state index contributed by atoms with van der Waals surface area (Å²) in [5.41, 5.74) is 8.28. The average molecular weight is 417 g/mol. The van der Waals surface area contributed by atoms with Crippen LogP contribution in [0.2, 0.25) is 0 Å². The number of nitrogens with two attached hydrogens (primary N) is 1. The molecule has 152 valence electrons. The van der Waals surface area contributed by atoms with Gasteiger partial charge in [-0.2, -0.15) is 9.40 Å². The molecule has 1 atom stereocenters. The zero-order valence-electron chi connectivity index (χ0n) is 15.7. The molecule has 1 fully saturated rings. The number of hydrogen-bond acceptors (Lipinski definition) is 6. The van der Waals surface area contributed by atoms with E-state index in [0.29, 0.717) is 11.5 Å². The van der Waals surface area contributed by atoms with Gasteiger partial charge in [-0.1, -0.05) is 0 Å². The van der Waals surface area contributed by atoms with E-state index < -0.39 is 21.9 Å². The van der Waals surface area contributed by atoms with Crippen LogP contribution in [-0.2, 0) is 14.8 Å². The number of nitrogen functional groups attached to an aromatic ring is 1. The van der Waals surface area contributed by atoms with Crippen molar-refractivity contribution in [1.29, 1.82) is 0 Å². The molecule has 1 saturated heterocycles. The first-order valence-corrected chi connectivity index (χ1v) is 10.4. The van der Waals surface area contributed by atoms with E-state index in [-0.39, 0.29) is 30.2 Å². The third kappa shape index (κ3) is 3.74. The van der Waals surface area contributed by atoms with Gasteiger partial charge in [0.05, 0.1) is 23.4 Å². The fraction of sp³-hybridized carbons (Fsp3) is 0.263. The summed E-state index contributed by atoms with van der Waals surface area (Å²) in [7, 11) is -3.79. The SMILES string of the molecule is Cc1cc(S(=O)(=O)N2CCOC(c3[nH]ncc3-c3ccnc(N)c3)C2)ccc1F. The van der Waals surface area contributed by atoms with Crippen molar-refractivity contribution in [2.45, 2.75) is 17.9 Å². The van der Waals surface area contributed by atoms with Gasteiger partial charge in [-0.25, -0.2) is 17.8 Å². The predicted molar refractivity (Wildman–Crippen MR) is 105 cm³/mol. The number of aryl methyl sites for hydroxylation is 1. The number of benzene rings is 1. The number of sulfonamides is 1. The molecule has 1 unspecified atom stereocenters. The van der Waals surface area contributed by atoms with Gasteiger partial charge in [0, 0.05) is 24.8 Å². The summed E-state index contributed by atoms with van der Waals surface area (Å²) in [6, 6.07) is 7.30. The lowest BCUT2D eigenvalue weighted by Crippen LogP contribution is -2.42. The van der Waals surface area contributed by atoms with Crippen molar-refractivity contribution in [2.24, 2.45) is 0 Å². The maximum Gasteiger partial charge on any atom is 0.243 e. The van der Waals surface area contributed by atoms with Gasteiger partial charge in [-0.15, -0.1) is 0 Å². The monoisotopic (exact) mass is 417 g/mol. The number of pyridine rings is 1. The second kappa shape index (κ2) is 7.54. The number of aromatic nitrogens is 3. The van der Waals surface area contributed by atoms with E-state index in [1.807, 2.05) is 0 Å². The molecule has 3 heterocycles. The van der Waals surface area contributed by atoms with Crippen LogP contribution in [0, 0.1) is 12.7 Å². The van der Waals surface area contributed by atoms with E-state index in [0.717, 1.165) is 11.1 Å². The second-order valence-corrected chi connectivity index (χ2v) is 8.74. The summed E-state index contributed by atoms with van der Waals surface area (Å²) >= 11 is 0. The number of aromatic amines is 1. The van der Waals surface area contributed by atoms with Gasteiger partial charge in [0.2, 0.25) is 10.0 Å². The van der Waals surface area contributed by atoms with Gasteiger partial charge in [0.15, 0.2) is 0 Å². The molecule has 3 N–H and O–H groups in total. The molecule has 29 heavy (non-hydrogen) atoms. The van der Waals surface area contributed by atoms with Crippen LogP contribution in [0.4, 0.5) is 10.2 Å². The minimum Gasteiger partial charge on any atom is -0.384 e. The summed E-state index contributed by atoms with van der Waals surface area (Å²) in [6.45, 7) is 2.07. The molecule has 0 spiro atoms. The Hall–Kier alpha value is -2.82. The van der Waals surface area contributed by atoms with Crippen molar-refractivity contribution < 1.29 is 17.5 Å². The molecule has 2 aromatic heterocycles. The van der Waals surface area contributed by atoms with E-state index >= 15 is 0 Å². The zero-order valence-corrected chi connectivity index (χ0v) is 16.5. The van der Waals surface area contributed by atoms with E-state index in [1.54, 1.807) is 24.5 Å². The molecule has 0 aliphatic carbocycles. The number of nitrogens with zero attached hydrogens (tertiary/aromatic N) is 3. The number of ether oxygens (including phenoxy) is 1. The van der Waals surface area contributed by atoms with Crippen molar-refractivity contribution in [3.8, 4) is 11.1 Å². The fourth-order valence-corrected chi connectivity index (χ4v) is 4.84.